The molecule has 1 heterocycles. The highest BCUT2D eigenvalue weighted by Crippen LogP contribution is 2.35. The number of aromatic nitrogens is 2. The molecule has 3 nitrogen and oxygen atoms in total. The van der Waals surface area contributed by atoms with E-state index < -0.39 is 0 Å². The molecule has 0 amide bonds. The molecule has 0 aromatic carbocycles. The lowest BCUT2D eigenvalue weighted by atomic mass is 9.80. The summed E-state index contributed by atoms with van der Waals surface area (Å²) in [5.41, 5.74) is 7.08. The molecule has 2 rings (SSSR count). The predicted molar refractivity (Wildman–Crippen MR) is 57.1 cm³/mol. The van der Waals surface area contributed by atoms with Crippen LogP contribution in [0.5, 0.6) is 0 Å². The molecule has 0 saturated heterocycles. The van der Waals surface area contributed by atoms with Gasteiger partial charge in [0, 0.05) is 13.1 Å². The third kappa shape index (κ3) is 1.79. The first kappa shape index (κ1) is 9.99. The molecule has 78 valence electrons. The van der Waals surface area contributed by atoms with Crippen LogP contribution in [-0.2, 0) is 7.05 Å². The molecule has 0 bridgehead atoms. The van der Waals surface area contributed by atoms with Crippen molar-refractivity contribution in [1.29, 1.82) is 0 Å². The van der Waals surface area contributed by atoms with Gasteiger partial charge in [-0.3, -0.25) is 4.68 Å². The average Bonchev–Trinajstić information content (AvgIpc) is 2.39. The number of rotatable bonds is 3. The third-order valence-corrected chi connectivity index (χ3v) is 3.39. The molecular weight excluding hydrogens is 198 g/mol. The second kappa shape index (κ2) is 3.91. The SMILES string of the molecule is Cn1ncc(Cl)c1C(N)CC1CCC1. The molecule has 2 N–H and O–H groups in total. The van der Waals surface area contributed by atoms with Crippen LogP contribution in [0, 0.1) is 5.92 Å². The van der Waals surface area contributed by atoms with E-state index in [-0.39, 0.29) is 6.04 Å². The van der Waals surface area contributed by atoms with Crippen molar-refractivity contribution in [2.75, 3.05) is 0 Å². The first-order valence-corrected chi connectivity index (χ1v) is 5.49. The Morgan fingerprint density at radius 2 is 2.43 bits per heavy atom. The fourth-order valence-corrected chi connectivity index (χ4v) is 2.34. The van der Waals surface area contributed by atoms with Gasteiger partial charge in [-0.25, -0.2) is 0 Å². The van der Waals surface area contributed by atoms with Gasteiger partial charge < -0.3 is 5.73 Å². The molecule has 1 aliphatic carbocycles. The summed E-state index contributed by atoms with van der Waals surface area (Å²) >= 11 is 6.02. The Labute approximate surface area is 89.2 Å². The van der Waals surface area contributed by atoms with E-state index in [0.717, 1.165) is 18.0 Å². The summed E-state index contributed by atoms with van der Waals surface area (Å²) in [5.74, 6) is 0.802. The van der Waals surface area contributed by atoms with Gasteiger partial charge in [-0.05, 0) is 12.3 Å². The fourth-order valence-electron chi connectivity index (χ4n) is 2.04. The van der Waals surface area contributed by atoms with E-state index in [4.69, 9.17) is 17.3 Å². The number of aryl methyl sites for hydroxylation is 1. The molecule has 1 aromatic heterocycles. The Bertz CT molecular complexity index is 298. The maximum Gasteiger partial charge on any atom is 0.0833 e. The second-order valence-corrected chi connectivity index (χ2v) is 4.55. The average molecular weight is 214 g/mol. The van der Waals surface area contributed by atoms with Crippen LogP contribution in [0.25, 0.3) is 0 Å². The number of hydrogen-bond acceptors (Lipinski definition) is 2. The molecule has 0 spiro atoms. The van der Waals surface area contributed by atoms with Crippen molar-refractivity contribution in [3.05, 3.63) is 16.9 Å². The summed E-state index contributed by atoms with van der Waals surface area (Å²) in [4.78, 5) is 0. The van der Waals surface area contributed by atoms with Crippen molar-refractivity contribution >= 4 is 11.6 Å². The summed E-state index contributed by atoms with van der Waals surface area (Å²) in [6.45, 7) is 0. The van der Waals surface area contributed by atoms with Gasteiger partial charge in [0.1, 0.15) is 0 Å². The third-order valence-electron chi connectivity index (χ3n) is 3.10. The van der Waals surface area contributed by atoms with Gasteiger partial charge in [0.05, 0.1) is 16.9 Å². The second-order valence-electron chi connectivity index (χ2n) is 4.14. The van der Waals surface area contributed by atoms with Gasteiger partial charge >= 0.3 is 0 Å². The van der Waals surface area contributed by atoms with Crippen LogP contribution in [0.4, 0.5) is 0 Å². The highest BCUT2D eigenvalue weighted by molar-refractivity contribution is 6.31. The molecular formula is C10H16ClN3. The molecule has 0 aliphatic heterocycles. The predicted octanol–water partition coefficient (Wildman–Crippen LogP) is 2.26. The Balaban J connectivity index is 2.05. The Morgan fingerprint density at radius 1 is 1.71 bits per heavy atom. The first-order chi connectivity index (χ1) is 6.68. The molecule has 14 heavy (non-hydrogen) atoms. The van der Waals surface area contributed by atoms with Crippen LogP contribution >= 0.6 is 11.6 Å². The van der Waals surface area contributed by atoms with Gasteiger partial charge in [0.15, 0.2) is 0 Å². The smallest absolute Gasteiger partial charge is 0.0833 e. The number of halogens is 1. The summed E-state index contributed by atoms with van der Waals surface area (Å²) in [6.07, 6.45) is 6.71. The van der Waals surface area contributed by atoms with Gasteiger partial charge in [-0.1, -0.05) is 30.9 Å². The van der Waals surface area contributed by atoms with Crippen LogP contribution in [-0.4, -0.2) is 9.78 Å². The number of nitrogens with zero attached hydrogens (tertiary/aromatic N) is 2. The van der Waals surface area contributed by atoms with Crippen LogP contribution in [0.2, 0.25) is 5.02 Å². The Hall–Kier alpha value is -0.540. The largest absolute Gasteiger partial charge is 0.323 e. The molecule has 1 saturated carbocycles. The number of hydrogen-bond donors (Lipinski definition) is 1. The lowest BCUT2D eigenvalue weighted by Crippen LogP contribution is -2.22. The van der Waals surface area contributed by atoms with Crippen molar-refractivity contribution < 1.29 is 0 Å². The standard InChI is InChI=1S/C10H16ClN3/c1-14-10(8(11)6-13-14)9(12)5-7-3-2-4-7/h6-7,9H,2-5,12H2,1H3. The quantitative estimate of drug-likeness (QED) is 0.837. The zero-order chi connectivity index (χ0) is 10.1. The van der Waals surface area contributed by atoms with E-state index in [1.54, 1.807) is 10.9 Å². The van der Waals surface area contributed by atoms with E-state index >= 15 is 0 Å². The van der Waals surface area contributed by atoms with Crippen molar-refractivity contribution in [2.45, 2.75) is 31.7 Å². The van der Waals surface area contributed by atoms with E-state index in [0.29, 0.717) is 5.02 Å². The van der Waals surface area contributed by atoms with Crippen LogP contribution < -0.4 is 5.73 Å². The zero-order valence-electron chi connectivity index (χ0n) is 8.41. The summed E-state index contributed by atoms with van der Waals surface area (Å²) in [5, 5.41) is 4.79. The topological polar surface area (TPSA) is 43.8 Å². The van der Waals surface area contributed by atoms with E-state index in [1.807, 2.05) is 7.05 Å². The van der Waals surface area contributed by atoms with Crippen LogP contribution in [0.1, 0.15) is 37.4 Å². The van der Waals surface area contributed by atoms with Gasteiger partial charge in [-0.15, -0.1) is 0 Å². The molecule has 1 aromatic rings. The van der Waals surface area contributed by atoms with Crippen molar-refractivity contribution in [3.8, 4) is 0 Å². The van der Waals surface area contributed by atoms with Crippen molar-refractivity contribution in [1.82, 2.24) is 9.78 Å². The van der Waals surface area contributed by atoms with E-state index in [1.165, 1.54) is 19.3 Å². The van der Waals surface area contributed by atoms with Gasteiger partial charge in [0.25, 0.3) is 0 Å². The highest BCUT2D eigenvalue weighted by atomic mass is 35.5. The lowest BCUT2D eigenvalue weighted by Gasteiger charge is -2.28. The Morgan fingerprint density at radius 3 is 2.86 bits per heavy atom. The van der Waals surface area contributed by atoms with E-state index in [2.05, 4.69) is 5.10 Å². The molecule has 1 fully saturated rings. The highest BCUT2D eigenvalue weighted by Gasteiger charge is 2.23. The minimum absolute atomic E-state index is 0.0419. The van der Waals surface area contributed by atoms with Crippen LogP contribution in [0.15, 0.2) is 6.20 Å². The first-order valence-electron chi connectivity index (χ1n) is 5.11. The molecule has 4 heteroatoms. The van der Waals surface area contributed by atoms with E-state index in [9.17, 15) is 0 Å². The minimum atomic E-state index is 0.0419. The summed E-state index contributed by atoms with van der Waals surface area (Å²) in [6, 6.07) is 0.0419. The summed E-state index contributed by atoms with van der Waals surface area (Å²) in [7, 11) is 1.89. The zero-order valence-corrected chi connectivity index (χ0v) is 9.17. The molecule has 0 radical (unpaired) electrons. The maximum absolute atomic E-state index is 6.11. The number of nitrogens with two attached hydrogens (primary N) is 1. The fraction of sp³-hybridized carbons (Fsp3) is 0.700. The Kier molecular flexibility index (Phi) is 2.79. The monoisotopic (exact) mass is 213 g/mol. The van der Waals surface area contributed by atoms with Gasteiger partial charge in [-0.2, -0.15) is 5.10 Å². The molecule has 1 unspecified atom stereocenters. The summed E-state index contributed by atoms with van der Waals surface area (Å²) < 4.78 is 1.78. The normalized spacial score (nSPS) is 19.4. The minimum Gasteiger partial charge on any atom is -0.323 e. The van der Waals surface area contributed by atoms with Gasteiger partial charge in [0.2, 0.25) is 0 Å². The van der Waals surface area contributed by atoms with Crippen molar-refractivity contribution in [3.63, 3.8) is 0 Å². The maximum atomic E-state index is 6.11. The van der Waals surface area contributed by atoms with Crippen molar-refractivity contribution in [2.24, 2.45) is 18.7 Å². The molecule has 1 atom stereocenters. The van der Waals surface area contributed by atoms with Crippen LogP contribution in [0.3, 0.4) is 0 Å². The molecule has 1 aliphatic rings. The lowest BCUT2D eigenvalue weighted by molar-refractivity contribution is 0.274.